The van der Waals surface area contributed by atoms with Crippen molar-refractivity contribution in [3.05, 3.63) is 297 Å². The van der Waals surface area contributed by atoms with Crippen molar-refractivity contribution in [2.75, 3.05) is 16.3 Å². The molecule has 0 aliphatic heterocycles. The van der Waals surface area contributed by atoms with Gasteiger partial charge in [0.2, 0.25) is 0 Å². The van der Waals surface area contributed by atoms with E-state index < -0.39 is 0 Å². The maximum absolute atomic E-state index is 6.21. The van der Waals surface area contributed by atoms with Crippen LogP contribution in [0.1, 0.15) is 0 Å². The number of nitrogens with zero attached hydrogens (tertiary/aromatic N) is 3. The maximum Gasteiger partial charge on any atom is 0.135 e. The zero-order valence-corrected chi connectivity index (χ0v) is 41.3. The number of anilines is 4. The maximum atomic E-state index is 6.21. The number of benzene rings is 11. The number of hydrogen-bond donors (Lipinski definition) is 0. The van der Waals surface area contributed by atoms with Crippen LogP contribution in [0.25, 0.3) is 93.6 Å². The van der Waals surface area contributed by atoms with E-state index in [0.717, 1.165) is 89.4 Å². The lowest BCUT2D eigenvalue weighted by Crippen LogP contribution is -2.21. The van der Waals surface area contributed by atoms with E-state index in [4.69, 9.17) is 4.42 Å². The van der Waals surface area contributed by atoms with Crippen LogP contribution < -0.4 is 9.80 Å². The Morgan fingerprint density at radius 2 is 0.867 bits per heavy atom. The van der Waals surface area contributed by atoms with Crippen LogP contribution >= 0.6 is 0 Å². The molecule has 0 spiro atoms. The van der Waals surface area contributed by atoms with Crippen LogP contribution in [0.3, 0.4) is 0 Å². The number of furan rings is 1. The molecule has 0 saturated heterocycles. The lowest BCUT2D eigenvalue weighted by molar-refractivity contribution is 0.669. The fourth-order valence-electron chi connectivity index (χ4n) is 10.8. The van der Waals surface area contributed by atoms with Gasteiger partial charge in [0.25, 0.3) is 0 Å². The van der Waals surface area contributed by atoms with Crippen molar-refractivity contribution in [3.63, 3.8) is 0 Å². The van der Waals surface area contributed by atoms with Crippen molar-refractivity contribution < 1.29 is 4.42 Å². The smallest absolute Gasteiger partial charge is 0.135 e. The molecule has 2 aromatic heterocycles. The number of hydrogen-bond acceptors (Lipinski definition) is 3. The number of rotatable bonds is 13. The van der Waals surface area contributed by atoms with Gasteiger partial charge >= 0.3 is 0 Å². The Morgan fingerprint density at radius 3 is 1.48 bits per heavy atom. The van der Waals surface area contributed by atoms with Gasteiger partial charge in [-0.2, -0.15) is 0 Å². The summed E-state index contributed by atoms with van der Waals surface area (Å²) in [5, 5.41) is 6.98. The molecule has 0 aliphatic rings. The molecule has 4 heteroatoms. The first-order valence-corrected chi connectivity index (χ1v) is 25.6. The predicted octanol–water partition coefficient (Wildman–Crippen LogP) is 19.4. The number of aromatic nitrogens is 1. The van der Waals surface area contributed by atoms with Gasteiger partial charge in [0, 0.05) is 67.6 Å². The summed E-state index contributed by atoms with van der Waals surface area (Å²) in [6.07, 6.45) is 6.68. The lowest BCUT2D eigenvalue weighted by atomic mass is 10.0. The Kier molecular flexibility index (Phi) is 11.8. The van der Waals surface area contributed by atoms with Crippen molar-refractivity contribution in [2.24, 2.45) is 0 Å². The summed E-state index contributed by atoms with van der Waals surface area (Å²) in [5.74, 6) is 0. The average molecular weight is 962 g/mol. The molecule has 0 amide bonds. The van der Waals surface area contributed by atoms with Crippen molar-refractivity contribution in [3.8, 4) is 33.4 Å². The van der Waals surface area contributed by atoms with E-state index in [1.54, 1.807) is 0 Å². The van der Waals surface area contributed by atoms with Crippen LogP contribution in [0.5, 0.6) is 0 Å². The minimum atomic E-state index is 0.532. The van der Waals surface area contributed by atoms with E-state index in [2.05, 4.69) is 288 Å². The highest BCUT2D eigenvalue weighted by atomic mass is 16.3. The van der Waals surface area contributed by atoms with Gasteiger partial charge in [0.05, 0.1) is 11.0 Å². The van der Waals surface area contributed by atoms with Gasteiger partial charge < -0.3 is 18.8 Å². The van der Waals surface area contributed by atoms with Crippen molar-refractivity contribution in [2.45, 2.75) is 0 Å². The Bertz CT molecular complexity index is 4120. The molecule has 13 rings (SSSR count). The second kappa shape index (κ2) is 19.6. The molecule has 0 bridgehead atoms. The molecule has 4 nitrogen and oxygen atoms in total. The van der Waals surface area contributed by atoms with E-state index in [-0.39, 0.29) is 0 Å². The molecule has 0 saturated carbocycles. The normalized spacial score (nSPS) is 12.0. The summed E-state index contributed by atoms with van der Waals surface area (Å²) in [6.45, 7) is 5.05. The highest BCUT2D eigenvalue weighted by Gasteiger charge is 2.20. The SMILES string of the molecule is C=C/C(=C\C(=C/CN(c1ccc(-c2ccc3oc4ccccc4c3c2)cc1)c1cccc2ccccc12)N(c1ccc(-c2ccccc2)cc1)c1ccc(-c2ccccc2)cc1)n1c2ccccc2c2ccccc21. The lowest BCUT2D eigenvalue weighted by Gasteiger charge is -2.30. The summed E-state index contributed by atoms with van der Waals surface area (Å²) < 4.78 is 8.56. The Hall–Kier alpha value is -9.90. The molecule has 13 aromatic rings. The first-order valence-electron chi connectivity index (χ1n) is 25.6. The van der Waals surface area contributed by atoms with Gasteiger partial charge in [0.1, 0.15) is 11.2 Å². The summed E-state index contributed by atoms with van der Waals surface area (Å²) in [4.78, 5) is 4.83. The van der Waals surface area contributed by atoms with E-state index in [9.17, 15) is 0 Å². The second-order valence-corrected chi connectivity index (χ2v) is 18.9. The molecular formula is C71H51N3O. The molecule has 2 heterocycles. The van der Waals surface area contributed by atoms with Gasteiger partial charge in [-0.3, -0.25) is 0 Å². The Balaban J connectivity index is 1.00. The van der Waals surface area contributed by atoms with Crippen LogP contribution in [0.15, 0.2) is 302 Å². The predicted molar refractivity (Wildman–Crippen MR) is 318 cm³/mol. The quantitative estimate of drug-likeness (QED) is 0.108. The third-order valence-electron chi connectivity index (χ3n) is 14.5. The largest absolute Gasteiger partial charge is 0.456 e. The molecular weight excluding hydrogens is 911 g/mol. The molecule has 11 aromatic carbocycles. The van der Waals surface area contributed by atoms with Crippen LogP contribution in [-0.2, 0) is 0 Å². The third-order valence-corrected chi connectivity index (χ3v) is 14.5. The zero-order chi connectivity index (χ0) is 50.1. The van der Waals surface area contributed by atoms with Gasteiger partial charge in [-0.05, 0) is 130 Å². The monoisotopic (exact) mass is 961 g/mol. The number of fused-ring (bicyclic) bond motifs is 7. The van der Waals surface area contributed by atoms with Gasteiger partial charge in [-0.15, -0.1) is 0 Å². The van der Waals surface area contributed by atoms with Crippen molar-refractivity contribution in [1.82, 2.24) is 4.57 Å². The molecule has 0 aliphatic carbocycles. The molecule has 75 heavy (non-hydrogen) atoms. The molecule has 0 fully saturated rings. The minimum absolute atomic E-state index is 0.532. The van der Waals surface area contributed by atoms with E-state index in [1.165, 1.54) is 32.7 Å². The average Bonchev–Trinajstić information content (AvgIpc) is 4.03. The topological polar surface area (TPSA) is 24.6 Å². The summed E-state index contributed by atoms with van der Waals surface area (Å²) >= 11 is 0. The number of para-hydroxylation sites is 3. The van der Waals surface area contributed by atoms with Crippen molar-refractivity contribution >= 4 is 83.0 Å². The van der Waals surface area contributed by atoms with E-state index in [0.29, 0.717) is 6.54 Å². The Morgan fingerprint density at radius 1 is 0.400 bits per heavy atom. The highest BCUT2D eigenvalue weighted by molar-refractivity contribution is 6.11. The van der Waals surface area contributed by atoms with Crippen LogP contribution in [0, 0.1) is 0 Å². The molecule has 0 atom stereocenters. The molecule has 356 valence electrons. The van der Waals surface area contributed by atoms with Gasteiger partial charge in [-0.25, -0.2) is 0 Å². The highest BCUT2D eigenvalue weighted by Crippen LogP contribution is 2.40. The van der Waals surface area contributed by atoms with E-state index in [1.807, 2.05) is 18.2 Å². The second-order valence-electron chi connectivity index (χ2n) is 18.9. The van der Waals surface area contributed by atoms with Gasteiger partial charge in [0.15, 0.2) is 0 Å². The standard InChI is InChI=1S/C71H51N3O/c1-2-57(74-68-28-14-11-25-63(68)64-26-12-15-29-69(64)74)49-61(73(59-41-34-52(35-42-59)50-18-5-3-6-19-50)60-43-36-53(37-44-60)51-20-7-4-8-21-51)46-47-72(67-30-17-23-55-22-9-10-24-62(55)67)58-39-32-54(33-40-58)56-38-45-71-66(48-56)65-27-13-16-31-70(65)75-71/h2-46,48-49H,1,47H2/b57-49+,61-46+. The van der Waals surface area contributed by atoms with E-state index >= 15 is 0 Å². The fraction of sp³-hybridized carbons (Fsp3) is 0.0141. The first-order chi connectivity index (χ1) is 37.1. The van der Waals surface area contributed by atoms with Gasteiger partial charge in [-0.1, -0.05) is 201 Å². The van der Waals surface area contributed by atoms with Crippen LogP contribution in [0.2, 0.25) is 0 Å². The Labute approximate surface area is 436 Å². The fourth-order valence-corrected chi connectivity index (χ4v) is 10.8. The van der Waals surface area contributed by atoms with Crippen LogP contribution in [0.4, 0.5) is 22.7 Å². The molecule has 0 N–H and O–H groups in total. The molecule has 0 radical (unpaired) electrons. The number of allylic oxidation sites excluding steroid dienone is 3. The molecule has 0 unspecified atom stereocenters. The van der Waals surface area contributed by atoms with Crippen LogP contribution in [-0.4, -0.2) is 11.1 Å². The summed E-state index contributed by atoms with van der Waals surface area (Å²) in [6, 6.07) is 95.5. The minimum Gasteiger partial charge on any atom is -0.456 e. The summed E-state index contributed by atoms with van der Waals surface area (Å²) in [7, 11) is 0. The zero-order valence-electron chi connectivity index (χ0n) is 41.3. The third kappa shape index (κ3) is 8.54. The van der Waals surface area contributed by atoms with Crippen molar-refractivity contribution in [1.29, 1.82) is 0 Å². The first kappa shape index (κ1) is 45.0. The summed E-state index contributed by atoms with van der Waals surface area (Å²) in [5.41, 5.74) is 17.1.